The average molecular weight is 434 g/mol. The van der Waals surface area contributed by atoms with E-state index in [1.807, 2.05) is 30.4 Å². The van der Waals surface area contributed by atoms with E-state index in [1.165, 1.54) is 16.0 Å². The Morgan fingerprint density at radius 2 is 2.03 bits per heavy atom. The summed E-state index contributed by atoms with van der Waals surface area (Å²) in [4.78, 5) is 13.1. The van der Waals surface area contributed by atoms with Crippen LogP contribution in [0.1, 0.15) is 56.1 Å². The van der Waals surface area contributed by atoms with Crippen LogP contribution in [0, 0.1) is 0 Å². The van der Waals surface area contributed by atoms with E-state index >= 15 is 0 Å². The Balaban J connectivity index is 1.56. The molecule has 1 aliphatic heterocycles. The molecular formula is C19H20ClN5O3S. The van der Waals surface area contributed by atoms with E-state index in [4.69, 9.17) is 20.8 Å². The molecule has 5 rings (SSSR count). The summed E-state index contributed by atoms with van der Waals surface area (Å²) in [5.41, 5.74) is 1.29. The molecule has 4 aromatic heterocycles. The molecule has 0 unspecified atom stereocenters. The van der Waals surface area contributed by atoms with Crippen molar-refractivity contribution in [3.05, 3.63) is 44.4 Å². The van der Waals surface area contributed by atoms with Gasteiger partial charge in [0.15, 0.2) is 0 Å². The quantitative estimate of drug-likeness (QED) is 0.486. The van der Waals surface area contributed by atoms with Crippen LogP contribution >= 0.6 is 22.9 Å². The molecule has 0 aliphatic carbocycles. The fraction of sp³-hybridized carbons (Fsp3) is 0.474. The fourth-order valence-corrected chi connectivity index (χ4v) is 4.92. The first-order chi connectivity index (χ1) is 14.0. The molecule has 0 saturated carbocycles. The molecule has 0 spiro atoms. The third kappa shape index (κ3) is 3.27. The van der Waals surface area contributed by atoms with Gasteiger partial charge in [-0.05, 0) is 25.0 Å². The third-order valence-corrected chi connectivity index (χ3v) is 6.42. The van der Waals surface area contributed by atoms with Crippen molar-refractivity contribution < 1.29 is 9.15 Å². The largest absolute Gasteiger partial charge is 0.423 e. The molecule has 152 valence electrons. The van der Waals surface area contributed by atoms with Gasteiger partial charge in [0, 0.05) is 25.0 Å². The molecule has 0 aromatic carbocycles. The van der Waals surface area contributed by atoms with Crippen LogP contribution in [0.5, 0.6) is 0 Å². The zero-order chi connectivity index (χ0) is 20.1. The Morgan fingerprint density at radius 1 is 1.24 bits per heavy atom. The summed E-state index contributed by atoms with van der Waals surface area (Å²) in [5.74, 6) is 2.11. The van der Waals surface area contributed by atoms with E-state index in [2.05, 4.69) is 15.3 Å². The SMILES string of the molecule is CC(C)c1nn(Cc2nnc(C3CCOCC3)o2)c(=O)c2cc3sc(Cl)cc3n12. The second-order valence-electron chi connectivity index (χ2n) is 7.56. The number of hydrogen-bond acceptors (Lipinski definition) is 7. The molecule has 4 aromatic rings. The molecule has 0 N–H and O–H groups in total. The Labute approximate surface area is 175 Å². The number of hydrogen-bond donors (Lipinski definition) is 0. The lowest BCUT2D eigenvalue weighted by molar-refractivity contribution is 0.0791. The van der Waals surface area contributed by atoms with Gasteiger partial charge in [-0.25, -0.2) is 4.68 Å². The van der Waals surface area contributed by atoms with Gasteiger partial charge < -0.3 is 9.15 Å². The second-order valence-corrected chi connectivity index (χ2v) is 9.28. The molecular weight excluding hydrogens is 414 g/mol. The maximum absolute atomic E-state index is 13.1. The zero-order valence-corrected chi connectivity index (χ0v) is 17.7. The van der Waals surface area contributed by atoms with E-state index in [-0.39, 0.29) is 23.9 Å². The van der Waals surface area contributed by atoms with Gasteiger partial charge in [-0.1, -0.05) is 25.4 Å². The normalized spacial score (nSPS) is 15.9. The lowest BCUT2D eigenvalue weighted by atomic mass is 10.0. The molecule has 10 heteroatoms. The number of nitrogens with zero attached hydrogens (tertiary/aromatic N) is 5. The molecule has 8 nitrogen and oxygen atoms in total. The standard InChI is InChI=1S/C19H20ClN5O3S/c1-10(2)17-23-24(9-16-21-22-18(28-16)11-3-5-27-6-4-11)19(26)13-7-14-12(25(13)17)8-15(20)29-14/h7-8,10-11H,3-6,9H2,1-2H3. The van der Waals surface area contributed by atoms with Gasteiger partial charge >= 0.3 is 0 Å². The highest BCUT2D eigenvalue weighted by atomic mass is 35.5. The lowest BCUT2D eigenvalue weighted by Gasteiger charge is -2.18. The number of ether oxygens (including phenoxy) is 1. The summed E-state index contributed by atoms with van der Waals surface area (Å²) in [6.45, 7) is 5.64. The monoisotopic (exact) mass is 433 g/mol. The average Bonchev–Trinajstić information content (AvgIpc) is 3.39. The predicted octanol–water partition coefficient (Wildman–Crippen LogP) is 3.81. The molecule has 5 heterocycles. The summed E-state index contributed by atoms with van der Waals surface area (Å²) in [6.07, 6.45) is 1.74. The van der Waals surface area contributed by atoms with Crippen molar-refractivity contribution in [2.75, 3.05) is 13.2 Å². The van der Waals surface area contributed by atoms with Crippen molar-refractivity contribution in [1.82, 2.24) is 24.4 Å². The maximum Gasteiger partial charge on any atom is 0.291 e. The minimum atomic E-state index is -0.195. The Hall–Kier alpha value is -2.23. The van der Waals surface area contributed by atoms with Crippen molar-refractivity contribution in [2.24, 2.45) is 0 Å². The van der Waals surface area contributed by atoms with Crippen LogP contribution in [0.4, 0.5) is 0 Å². The number of rotatable bonds is 4. The van der Waals surface area contributed by atoms with Gasteiger partial charge in [0.05, 0.1) is 14.6 Å². The molecule has 0 bridgehead atoms. The second kappa shape index (κ2) is 7.23. The fourth-order valence-electron chi connectivity index (χ4n) is 3.76. The van der Waals surface area contributed by atoms with Crippen LogP contribution in [0.15, 0.2) is 21.3 Å². The first-order valence-electron chi connectivity index (χ1n) is 9.63. The van der Waals surface area contributed by atoms with Crippen molar-refractivity contribution in [2.45, 2.75) is 45.1 Å². The number of aromatic nitrogens is 5. The van der Waals surface area contributed by atoms with Gasteiger partial charge in [0.2, 0.25) is 11.8 Å². The smallest absolute Gasteiger partial charge is 0.291 e. The summed E-state index contributed by atoms with van der Waals surface area (Å²) in [5, 5.41) is 13.0. The highest BCUT2D eigenvalue weighted by Gasteiger charge is 2.23. The first-order valence-corrected chi connectivity index (χ1v) is 10.8. The maximum atomic E-state index is 13.1. The third-order valence-electron chi connectivity index (χ3n) is 5.22. The van der Waals surface area contributed by atoms with Gasteiger partial charge in [-0.3, -0.25) is 9.20 Å². The van der Waals surface area contributed by atoms with Crippen LogP contribution < -0.4 is 5.56 Å². The Bertz CT molecular complexity index is 1250. The molecule has 1 aliphatic rings. The molecule has 29 heavy (non-hydrogen) atoms. The first kappa shape index (κ1) is 18.8. The van der Waals surface area contributed by atoms with Gasteiger partial charge in [-0.15, -0.1) is 21.5 Å². The summed E-state index contributed by atoms with van der Waals surface area (Å²) >= 11 is 7.62. The van der Waals surface area contributed by atoms with E-state index in [1.54, 1.807) is 0 Å². The lowest BCUT2D eigenvalue weighted by Crippen LogP contribution is -2.28. The zero-order valence-electron chi connectivity index (χ0n) is 16.1. The molecule has 0 atom stereocenters. The van der Waals surface area contributed by atoms with Crippen LogP contribution in [0.2, 0.25) is 4.34 Å². The minimum absolute atomic E-state index is 0.110. The van der Waals surface area contributed by atoms with E-state index in [0.29, 0.717) is 34.8 Å². The van der Waals surface area contributed by atoms with E-state index in [9.17, 15) is 4.79 Å². The molecule has 1 saturated heterocycles. The predicted molar refractivity (Wildman–Crippen MR) is 110 cm³/mol. The Morgan fingerprint density at radius 3 is 2.79 bits per heavy atom. The van der Waals surface area contributed by atoms with Crippen molar-refractivity contribution in [3.63, 3.8) is 0 Å². The highest BCUT2D eigenvalue weighted by molar-refractivity contribution is 7.22. The molecule has 1 fully saturated rings. The highest BCUT2D eigenvalue weighted by Crippen LogP contribution is 2.32. The van der Waals surface area contributed by atoms with Gasteiger partial charge in [0.25, 0.3) is 5.56 Å². The minimum Gasteiger partial charge on any atom is -0.423 e. The van der Waals surface area contributed by atoms with Gasteiger partial charge in [-0.2, -0.15) is 5.10 Å². The molecule has 0 amide bonds. The molecule has 0 radical (unpaired) electrons. The van der Waals surface area contributed by atoms with Crippen molar-refractivity contribution in [1.29, 1.82) is 0 Å². The van der Waals surface area contributed by atoms with Crippen LogP contribution in [-0.4, -0.2) is 37.6 Å². The van der Waals surface area contributed by atoms with Crippen LogP contribution in [0.25, 0.3) is 15.7 Å². The van der Waals surface area contributed by atoms with E-state index in [0.717, 1.165) is 28.9 Å². The van der Waals surface area contributed by atoms with Crippen molar-refractivity contribution in [3.8, 4) is 0 Å². The van der Waals surface area contributed by atoms with E-state index < -0.39 is 0 Å². The topological polar surface area (TPSA) is 87.4 Å². The summed E-state index contributed by atoms with van der Waals surface area (Å²) in [7, 11) is 0. The van der Waals surface area contributed by atoms with Gasteiger partial charge in [0.1, 0.15) is 17.9 Å². The van der Waals surface area contributed by atoms with Crippen molar-refractivity contribution >= 4 is 38.7 Å². The Kier molecular flexibility index (Phi) is 4.68. The number of thiophene rings is 1. The van der Waals surface area contributed by atoms with Crippen LogP contribution in [-0.2, 0) is 11.3 Å². The number of halogens is 1. The summed E-state index contributed by atoms with van der Waals surface area (Å²) < 4.78 is 16.2. The van der Waals surface area contributed by atoms with Crippen LogP contribution in [0.3, 0.4) is 0 Å². The summed E-state index contributed by atoms with van der Waals surface area (Å²) in [6, 6.07) is 3.75. The number of fused-ring (bicyclic) bond motifs is 3.